The lowest BCUT2D eigenvalue weighted by molar-refractivity contribution is -0.0516. The van der Waals surface area contributed by atoms with Crippen molar-refractivity contribution in [3.8, 4) is 11.5 Å². The lowest BCUT2D eigenvalue weighted by Crippen LogP contribution is -2.04. The highest BCUT2D eigenvalue weighted by molar-refractivity contribution is 5.38. The Bertz CT molecular complexity index is 486. The van der Waals surface area contributed by atoms with Crippen molar-refractivity contribution in [1.29, 1.82) is 0 Å². The number of rotatable bonds is 5. The van der Waals surface area contributed by atoms with Gasteiger partial charge in [-0.2, -0.15) is 8.78 Å². The molecular formula is C14H11F2O2. The molecule has 2 nitrogen and oxygen atoms in total. The molecule has 0 bridgehead atoms. The summed E-state index contributed by atoms with van der Waals surface area (Å²) in [5.41, 5.74) is 0.942. The summed E-state index contributed by atoms with van der Waals surface area (Å²) in [5, 5.41) is 0. The van der Waals surface area contributed by atoms with Crippen LogP contribution >= 0.6 is 0 Å². The van der Waals surface area contributed by atoms with Crippen LogP contribution in [0.15, 0.2) is 48.5 Å². The van der Waals surface area contributed by atoms with E-state index in [9.17, 15) is 8.78 Å². The van der Waals surface area contributed by atoms with Crippen molar-refractivity contribution >= 4 is 0 Å². The fourth-order valence-electron chi connectivity index (χ4n) is 1.44. The van der Waals surface area contributed by atoms with Gasteiger partial charge in [-0.25, -0.2) is 0 Å². The van der Waals surface area contributed by atoms with Crippen LogP contribution in [0.25, 0.3) is 0 Å². The van der Waals surface area contributed by atoms with Crippen molar-refractivity contribution in [2.45, 2.75) is 13.2 Å². The van der Waals surface area contributed by atoms with Crippen LogP contribution in [0.1, 0.15) is 5.56 Å². The summed E-state index contributed by atoms with van der Waals surface area (Å²) in [7, 11) is 0. The summed E-state index contributed by atoms with van der Waals surface area (Å²) in [5.74, 6) is 0.171. The van der Waals surface area contributed by atoms with Gasteiger partial charge in [-0.3, -0.25) is 0 Å². The first-order chi connectivity index (χ1) is 8.75. The SMILES string of the molecule is FC(F)Oc1ccc[c]c1OCc1ccccc1. The van der Waals surface area contributed by atoms with Gasteiger partial charge in [0.2, 0.25) is 0 Å². The maximum atomic E-state index is 12.2. The molecule has 0 aliphatic carbocycles. The van der Waals surface area contributed by atoms with Crippen molar-refractivity contribution in [1.82, 2.24) is 0 Å². The minimum Gasteiger partial charge on any atom is -0.484 e. The zero-order valence-corrected chi connectivity index (χ0v) is 9.48. The Kier molecular flexibility index (Phi) is 4.12. The highest BCUT2D eigenvalue weighted by Gasteiger charge is 2.10. The van der Waals surface area contributed by atoms with E-state index in [2.05, 4.69) is 10.8 Å². The van der Waals surface area contributed by atoms with Gasteiger partial charge in [0.25, 0.3) is 0 Å². The Hall–Kier alpha value is -2.10. The lowest BCUT2D eigenvalue weighted by atomic mass is 10.2. The molecule has 0 aliphatic rings. The molecule has 0 saturated heterocycles. The molecule has 0 unspecified atom stereocenters. The van der Waals surface area contributed by atoms with E-state index in [4.69, 9.17) is 4.74 Å². The molecule has 0 heterocycles. The number of hydrogen-bond donors (Lipinski definition) is 0. The Morgan fingerprint density at radius 1 is 1.06 bits per heavy atom. The van der Waals surface area contributed by atoms with Gasteiger partial charge in [0.15, 0.2) is 11.5 Å². The molecule has 0 spiro atoms. The van der Waals surface area contributed by atoms with Crippen molar-refractivity contribution in [3.05, 3.63) is 60.2 Å². The summed E-state index contributed by atoms with van der Waals surface area (Å²) in [6.45, 7) is -2.60. The molecule has 18 heavy (non-hydrogen) atoms. The Balaban J connectivity index is 2.05. The molecule has 0 amide bonds. The van der Waals surface area contributed by atoms with Gasteiger partial charge in [-0.15, -0.1) is 0 Å². The maximum absolute atomic E-state index is 12.2. The summed E-state index contributed by atoms with van der Waals surface area (Å²) >= 11 is 0. The number of halogens is 2. The fourth-order valence-corrected chi connectivity index (χ4v) is 1.44. The van der Waals surface area contributed by atoms with E-state index in [-0.39, 0.29) is 18.1 Å². The van der Waals surface area contributed by atoms with Crippen LogP contribution in [0.3, 0.4) is 0 Å². The van der Waals surface area contributed by atoms with Gasteiger partial charge < -0.3 is 9.47 Å². The van der Waals surface area contributed by atoms with E-state index in [0.29, 0.717) is 0 Å². The summed E-state index contributed by atoms with van der Waals surface area (Å²) in [6.07, 6.45) is 0. The number of hydrogen-bond acceptors (Lipinski definition) is 2. The molecule has 4 heteroatoms. The monoisotopic (exact) mass is 249 g/mol. The first-order valence-electron chi connectivity index (χ1n) is 5.38. The fraction of sp³-hybridized carbons (Fsp3) is 0.143. The smallest absolute Gasteiger partial charge is 0.387 e. The summed E-state index contributed by atoms with van der Waals surface area (Å²) in [6, 6.07) is 16.7. The topological polar surface area (TPSA) is 18.5 Å². The number of para-hydroxylation sites is 1. The molecular weight excluding hydrogens is 238 g/mol. The van der Waals surface area contributed by atoms with E-state index < -0.39 is 6.61 Å². The normalized spacial score (nSPS) is 10.4. The van der Waals surface area contributed by atoms with Crippen molar-refractivity contribution < 1.29 is 18.3 Å². The minimum atomic E-state index is -2.88. The quantitative estimate of drug-likeness (QED) is 0.805. The molecule has 93 valence electrons. The van der Waals surface area contributed by atoms with Crippen molar-refractivity contribution in [2.24, 2.45) is 0 Å². The molecule has 0 aromatic heterocycles. The molecule has 0 N–H and O–H groups in total. The highest BCUT2D eigenvalue weighted by atomic mass is 19.3. The second kappa shape index (κ2) is 6.00. The molecule has 0 aliphatic heterocycles. The van der Waals surface area contributed by atoms with Crippen LogP contribution in [0.4, 0.5) is 8.78 Å². The zero-order chi connectivity index (χ0) is 12.8. The molecule has 2 aromatic rings. The van der Waals surface area contributed by atoms with Gasteiger partial charge >= 0.3 is 6.61 Å². The van der Waals surface area contributed by atoms with Crippen LogP contribution < -0.4 is 9.47 Å². The van der Waals surface area contributed by atoms with Crippen LogP contribution in [-0.4, -0.2) is 6.61 Å². The van der Waals surface area contributed by atoms with Gasteiger partial charge in [-0.1, -0.05) is 42.5 Å². The first-order valence-corrected chi connectivity index (χ1v) is 5.38. The third-order valence-electron chi connectivity index (χ3n) is 2.22. The standard InChI is InChI=1S/C14H11F2O2/c15-14(16)18-13-9-5-4-8-12(13)17-10-11-6-2-1-3-7-11/h1-7,9,14H,10H2. The average molecular weight is 249 g/mol. The van der Waals surface area contributed by atoms with Gasteiger partial charge in [0.05, 0.1) is 0 Å². The first kappa shape index (κ1) is 12.4. The lowest BCUT2D eigenvalue weighted by Gasteiger charge is -2.11. The Morgan fingerprint density at radius 2 is 1.83 bits per heavy atom. The van der Waals surface area contributed by atoms with E-state index in [1.165, 1.54) is 6.07 Å². The largest absolute Gasteiger partial charge is 0.484 e. The van der Waals surface area contributed by atoms with Gasteiger partial charge in [0, 0.05) is 6.07 Å². The van der Waals surface area contributed by atoms with Crippen LogP contribution in [0.2, 0.25) is 0 Å². The van der Waals surface area contributed by atoms with Crippen LogP contribution in [0, 0.1) is 6.07 Å². The van der Waals surface area contributed by atoms with Crippen LogP contribution in [-0.2, 0) is 6.61 Å². The molecule has 0 saturated carbocycles. The molecule has 0 fully saturated rings. The Morgan fingerprint density at radius 3 is 2.56 bits per heavy atom. The summed E-state index contributed by atoms with van der Waals surface area (Å²) < 4.78 is 34.1. The molecule has 0 atom stereocenters. The van der Waals surface area contributed by atoms with Crippen molar-refractivity contribution in [3.63, 3.8) is 0 Å². The van der Waals surface area contributed by atoms with E-state index in [0.717, 1.165) is 5.56 Å². The zero-order valence-electron chi connectivity index (χ0n) is 9.48. The Labute approximate surface area is 104 Å². The predicted molar refractivity (Wildman–Crippen MR) is 62.7 cm³/mol. The van der Waals surface area contributed by atoms with Crippen LogP contribution in [0.5, 0.6) is 11.5 Å². The van der Waals surface area contributed by atoms with Gasteiger partial charge in [0.1, 0.15) is 6.61 Å². The number of alkyl halides is 2. The minimum absolute atomic E-state index is 0.0107. The molecule has 2 aromatic carbocycles. The molecule has 2 rings (SSSR count). The predicted octanol–water partition coefficient (Wildman–Crippen LogP) is 3.67. The second-order valence-corrected chi connectivity index (χ2v) is 3.52. The highest BCUT2D eigenvalue weighted by Crippen LogP contribution is 2.28. The summed E-state index contributed by atoms with van der Waals surface area (Å²) in [4.78, 5) is 0. The maximum Gasteiger partial charge on any atom is 0.387 e. The van der Waals surface area contributed by atoms with Crippen molar-refractivity contribution in [2.75, 3.05) is 0 Å². The van der Waals surface area contributed by atoms with E-state index in [1.54, 1.807) is 12.1 Å². The van der Waals surface area contributed by atoms with Gasteiger partial charge in [-0.05, 0) is 11.6 Å². The molecule has 1 radical (unpaired) electrons. The average Bonchev–Trinajstić information content (AvgIpc) is 2.38. The number of ether oxygens (including phenoxy) is 2. The second-order valence-electron chi connectivity index (χ2n) is 3.52. The number of benzene rings is 2. The van der Waals surface area contributed by atoms with E-state index in [1.807, 2.05) is 30.3 Å². The third-order valence-corrected chi connectivity index (χ3v) is 2.22. The van der Waals surface area contributed by atoms with E-state index >= 15 is 0 Å². The third kappa shape index (κ3) is 3.45.